The number of hydrazone groups is 1. The van der Waals surface area contributed by atoms with Crippen LogP contribution in [-0.4, -0.2) is 16.7 Å². The fourth-order valence-corrected chi connectivity index (χ4v) is 3.38. The van der Waals surface area contributed by atoms with Crippen molar-refractivity contribution in [3.63, 3.8) is 0 Å². The number of benzene rings is 1. The van der Waals surface area contributed by atoms with E-state index in [1.54, 1.807) is 19.2 Å². The van der Waals surface area contributed by atoms with Crippen molar-refractivity contribution in [2.75, 3.05) is 0 Å². The van der Waals surface area contributed by atoms with Crippen molar-refractivity contribution < 1.29 is 4.39 Å². The molecular weight excluding hydrogens is 365 g/mol. The molecule has 1 unspecified atom stereocenters. The predicted molar refractivity (Wildman–Crippen MR) is 95.4 cm³/mol. The van der Waals surface area contributed by atoms with E-state index < -0.39 is 11.9 Å². The average Bonchev–Trinajstić information content (AvgIpc) is 3.11. The number of thiazole rings is 1. The molecule has 1 aliphatic rings. The van der Waals surface area contributed by atoms with Crippen molar-refractivity contribution in [3.8, 4) is 0 Å². The number of rotatable bonds is 3. The third kappa shape index (κ3) is 3.28. The highest BCUT2D eigenvalue weighted by atomic mass is 35.5. The van der Waals surface area contributed by atoms with Gasteiger partial charge < -0.3 is 11.2 Å². The molecule has 3 rings (SSSR count). The predicted octanol–water partition coefficient (Wildman–Crippen LogP) is 3.60. The lowest BCUT2D eigenvalue weighted by Crippen LogP contribution is -2.32. The maximum Gasteiger partial charge on any atom is 0.200 e. The fraction of sp³-hybridized carbons (Fsp3) is 0.133. The van der Waals surface area contributed by atoms with Gasteiger partial charge in [-0.3, -0.25) is 4.99 Å². The van der Waals surface area contributed by atoms with Crippen LogP contribution in [0.15, 0.2) is 56.3 Å². The second kappa shape index (κ2) is 7.08. The van der Waals surface area contributed by atoms with Crippen LogP contribution in [0, 0.1) is 11.3 Å². The van der Waals surface area contributed by atoms with Gasteiger partial charge in [-0.25, -0.2) is 14.9 Å². The van der Waals surface area contributed by atoms with E-state index in [0.717, 1.165) is 0 Å². The van der Waals surface area contributed by atoms with Gasteiger partial charge in [0.15, 0.2) is 16.7 Å². The Hall–Kier alpha value is -2.65. The van der Waals surface area contributed by atoms with Crippen LogP contribution in [0.2, 0.25) is 5.02 Å². The van der Waals surface area contributed by atoms with Crippen molar-refractivity contribution >= 4 is 34.6 Å². The zero-order valence-electron chi connectivity index (χ0n) is 13.0. The first kappa shape index (κ1) is 17.2. The summed E-state index contributed by atoms with van der Waals surface area (Å²) in [7, 11) is 0. The highest BCUT2D eigenvalue weighted by Crippen LogP contribution is 2.36. The molecule has 0 spiro atoms. The SMILES string of the molecule is CC1=C(/C(N=N)=N/N)C(c2ccc(F)cc2Cl)N=C(c2nccs2)N1. The number of aliphatic imine (C=N–C) groups is 1. The van der Waals surface area contributed by atoms with E-state index >= 15 is 0 Å². The topological polar surface area (TPSA) is 112 Å². The molecule has 0 aliphatic carbocycles. The molecule has 0 fully saturated rings. The molecule has 10 heteroatoms. The second-order valence-electron chi connectivity index (χ2n) is 5.11. The zero-order valence-corrected chi connectivity index (χ0v) is 14.6. The summed E-state index contributed by atoms with van der Waals surface area (Å²) >= 11 is 7.65. The minimum atomic E-state index is -0.648. The summed E-state index contributed by atoms with van der Waals surface area (Å²) in [4.78, 5) is 8.89. The van der Waals surface area contributed by atoms with Gasteiger partial charge in [0, 0.05) is 33.4 Å². The van der Waals surface area contributed by atoms with Gasteiger partial charge in [0.1, 0.15) is 11.9 Å². The third-order valence-corrected chi connectivity index (χ3v) is 4.71. The summed E-state index contributed by atoms with van der Waals surface area (Å²) in [6.07, 6.45) is 1.67. The Labute approximate surface area is 151 Å². The first-order valence-corrected chi connectivity index (χ1v) is 8.37. The fourth-order valence-electron chi connectivity index (χ4n) is 2.52. The van der Waals surface area contributed by atoms with Gasteiger partial charge in [-0.15, -0.1) is 16.5 Å². The number of nitrogens with one attached hydrogen (secondary N) is 2. The number of amidine groups is 2. The maximum atomic E-state index is 13.4. The third-order valence-electron chi connectivity index (χ3n) is 3.60. The van der Waals surface area contributed by atoms with Crippen LogP contribution in [0.3, 0.4) is 0 Å². The molecule has 4 N–H and O–H groups in total. The summed E-state index contributed by atoms with van der Waals surface area (Å²) in [5, 5.41) is 12.8. The van der Waals surface area contributed by atoms with Crippen LogP contribution in [0.25, 0.3) is 0 Å². The normalized spacial score (nSPS) is 18.0. The second-order valence-corrected chi connectivity index (χ2v) is 6.41. The molecule has 0 saturated heterocycles. The van der Waals surface area contributed by atoms with E-state index in [1.165, 1.54) is 23.5 Å². The molecule has 1 aromatic heterocycles. The number of nitrogens with two attached hydrogens (primary N) is 1. The Bertz CT molecular complexity index is 905. The van der Waals surface area contributed by atoms with E-state index in [9.17, 15) is 4.39 Å². The minimum absolute atomic E-state index is 0.0114. The monoisotopic (exact) mass is 377 g/mol. The van der Waals surface area contributed by atoms with E-state index in [-0.39, 0.29) is 10.9 Å². The summed E-state index contributed by atoms with van der Waals surface area (Å²) in [5.74, 6) is 5.47. The van der Waals surface area contributed by atoms with Gasteiger partial charge in [0.25, 0.3) is 0 Å². The van der Waals surface area contributed by atoms with Gasteiger partial charge in [0.05, 0.1) is 0 Å². The number of hydrogen-bond donors (Lipinski definition) is 3. The molecule has 1 aromatic carbocycles. The minimum Gasteiger partial charge on any atom is -0.341 e. The lowest BCUT2D eigenvalue weighted by Gasteiger charge is -2.26. The number of hydrogen-bond acceptors (Lipinski definition) is 7. The molecule has 0 bridgehead atoms. The van der Waals surface area contributed by atoms with Gasteiger partial charge in [0.2, 0.25) is 0 Å². The van der Waals surface area contributed by atoms with Crippen LogP contribution >= 0.6 is 22.9 Å². The Balaban J connectivity index is 2.18. The largest absolute Gasteiger partial charge is 0.341 e. The van der Waals surface area contributed by atoms with Crippen LogP contribution in [0.1, 0.15) is 23.5 Å². The van der Waals surface area contributed by atoms with Crippen LogP contribution < -0.4 is 11.2 Å². The van der Waals surface area contributed by atoms with E-state index in [4.69, 9.17) is 23.0 Å². The molecule has 2 aromatic rings. The van der Waals surface area contributed by atoms with Crippen LogP contribution in [-0.2, 0) is 0 Å². The van der Waals surface area contributed by atoms with E-state index in [1.807, 2.05) is 5.38 Å². The lowest BCUT2D eigenvalue weighted by molar-refractivity contribution is 0.626. The van der Waals surface area contributed by atoms with Crippen molar-refractivity contribution in [1.82, 2.24) is 10.3 Å². The summed E-state index contributed by atoms with van der Waals surface area (Å²) in [5.41, 5.74) is 9.02. The quantitative estimate of drug-likeness (QED) is 0.250. The number of nitrogens with zero attached hydrogens (tertiary/aromatic N) is 4. The summed E-state index contributed by atoms with van der Waals surface area (Å²) in [6, 6.07) is 3.40. The standard InChI is InChI=1S/C15H13ClFN7S/c1-7-11(13(23-18)24-19)12(9-3-2-8(17)6-10(9)16)22-14(21-7)15-20-4-5-25-15/h2-6,12,18H,19H2,1H3,(H,21,22)/b23-18?,24-13-. The Morgan fingerprint density at radius 1 is 1.48 bits per heavy atom. The van der Waals surface area contributed by atoms with Crippen molar-refractivity contribution in [1.29, 1.82) is 5.53 Å². The number of aromatic nitrogens is 1. The molecule has 0 saturated carbocycles. The molecule has 1 atom stereocenters. The van der Waals surface area contributed by atoms with Crippen molar-refractivity contribution in [3.05, 3.63) is 62.5 Å². The molecule has 0 radical (unpaired) electrons. The zero-order chi connectivity index (χ0) is 18.0. The molecule has 1 aliphatic heterocycles. The lowest BCUT2D eigenvalue weighted by atomic mass is 9.95. The van der Waals surface area contributed by atoms with Crippen LogP contribution in [0.4, 0.5) is 4.39 Å². The molecular formula is C15H13ClFN7S. The highest BCUT2D eigenvalue weighted by molar-refractivity contribution is 7.11. The molecule has 2 heterocycles. The van der Waals surface area contributed by atoms with Gasteiger partial charge >= 0.3 is 0 Å². The van der Waals surface area contributed by atoms with E-state index in [0.29, 0.717) is 27.7 Å². The van der Waals surface area contributed by atoms with Crippen LogP contribution in [0.5, 0.6) is 0 Å². The smallest absolute Gasteiger partial charge is 0.200 e. The van der Waals surface area contributed by atoms with Crippen molar-refractivity contribution in [2.45, 2.75) is 13.0 Å². The Morgan fingerprint density at radius 2 is 2.28 bits per heavy atom. The molecule has 7 nitrogen and oxygen atoms in total. The average molecular weight is 378 g/mol. The first-order chi connectivity index (χ1) is 12.0. The van der Waals surface area contributed by atoms with Crippen molar-refractivity contribution in [2.24, 2.45) is 21.1 Å². The molecule has 128 valence electrons. The van der Waals surface area contributed by atoms with Gasteiger partial charge in [-0.1, -0.05) is 17.7 Å². The Kier molecular flexibility index (Phi) is 4.86. The maximum absolute atomic E-state index is 13.4. The summed E-state index contributed by atoms with van der Waals surface area (Å²) in [6.45, 7) is 1.79. The molecule has 25 heavy (non-hydrogen) atoms. The Morgan fingerprint density at radius 3 is 2.88 bits per heavy atom. The highest BCUT2D eigenvalue weighted by Gasteiger charge is 2.30. The van der Waals surface area contributed by atoms with E-state index in [2.05, 4.69) is 25.5 Å². The number of halogens is 2. The first-order valence-electron chi connectivity index (χ1n) is 7.11. The molecule has 0 amide bonds. The van der Waals surface area contributed by atoms with Gasteiger partial charge in [-0.05, 0) is 19.1 Å². The van der Waals surface area contributed by atoms with Gasteiger partial charge in [-0.2, -0.15) is 5.10 Å². The number of allylic oxidation sites excluding steroid dienone is 1. The summed E-state index contributed by atoms with van der Waals surface area (Å²) < 4.78 is 13.4.